The molecular weight excluding hydrogens is 252 g/mol. The summed E-state index contributed by atoms with van der Waals surface area (Å²) in [6.45, 7) is 0.902. The van der Waals surface area contributed by atoms with E-state index in [4.69, 9.17) is 11.6 Å². The van der Waals surface area contributed by atoms with Crippen LogP contribution in [0.15, 0.2) is 24.5 Å². The summed E-state index contributed by atoms with van der Waals surface area (Å²) in [4.78, 5) is 23.6. The van der Waals surface area contributed by atoms with E-state index in [2.05, 4.69) is 9.97 Å². The molecule has 2 heterocycles. The van der Waals surface area contributed by atoms with Gasteiger partial charge in [-0.1, -0.05) is 11.6 Å². The third-order valence-corrected chi connectivity index (χ3v) is 3.25. The molecule has 0 atom stereocenters. The minimum atomic E-state index is 0.0933. The first-order chi connectivity index (χ1) is 8.65. The summed E-state index contributed by atoms with van der Waals surface area (Å²) < 4.78 is 0. The van der Waals surface area contributed by atoms with Crippen LogP contribution in [0.3, 0.4) is 0 Å². The number of rotatable bonds is 1. The van der Waals surface area contributed by atoms with E-state index in [1.54, 1.807) is 24.1 Å². The molecule has 0 aliphatic carbocycles. The lowest BCUT2D eigenvalue weighted by atomic mass is 10.2. The number of anilines is 1. The van der Waals surface area contributed by atoms with E-state index in [-0.39, 0.29) is 5.91 Å². The summed E-state index contributed by atoms with van der Waals surface area (Å²) in [5, 5.41) is 1.55. The fourth-order valence-corrected chi connectivity index (χ4v) is 2.25. The zero-order valence-corrected chi connectivity index (χ0v) is 10.6. The lowest BCUT2D eigenvalue weighted by molar-refractivity contribution is -0.125. The van der Waals surface area contributed by atoms with Gasteiger partial charge in [0, 0.05) is 17.5 Å². The molecule has 1 amide bonds. The predicted molar refractivity (Wildman–Crippen MR) is 69.5 cm³/mol. The third kappa shape index (κ3) is 1.76. The van der Waals surface area contributed by atoms with Crippen LogP contribution in [-0.4, -0.2) is 41.0 Å². The van der Waals surface area contributed by atoms with Gasteiger partial charge < -0.3 is 9.80 Å². The van der Waals surface area contributed by atoms with Crippen LogP contribution in [0.5, 0.6) is 0 Å². The van der Waals surface area contributed by atoms with Crippen LogP contribution in [0, 0.1) is 0 Å². The van der Waals surface area contributed by atoms with E-state index < -0.39 is 0 Å². The average Bonchev–Trinajstić information content (AvgIpc) is 2.68. The second kappa shape index (κ2) is 4.10. The Morgan fingerprint density at radius 3 is 2.89 bits per heavy atom. The Morgan fingerprint density at radius 2 is 2.17 bits per heavy atom. The van der Waals surface area contributed by atoms with Gasteiger partial charge in [-0.15, -0.1) is 0 Å². The van der Waals surface area contributed by atoms with Crippen LogP contribution in [-0.2, 0) is 4.79 Å². The summed E-state index contributed by atoms with van der Waals surface area (Å²) in [5.74, 6) is 0.866. The highest BCUT2D eigenvalue weighted by atomic mass is 35.5. The Hall–Kier alpha value is -1.88. The standard InChI is InChI=1S/C12H11ClN4O/c1-16-7-17(5-11(16)18)12-9-3-2-8(13)4-10(9)14-6-15-12/h2-4,6H,5,7H2,1H3. The van der Waals surface area contributed by atoms with Crippen LogP contribution in [0.1, 0.15) is 0 Å². The van der Waals surface area contributed by atoms with Crippen molar-refractivity contribution in [1.29, 1.82) is 0 Å². The van der Waals surface area contributed by atoms with Gasteiger partial charge in [-0.25, -0.2) is 9.97 Å². The molecule has 0 unspecified atom stereocenters. The van der Waals surface area contributed by atoms with Gasteiger partial charge in [0.2, 0.25) is 5.91 Å². The summed E-state index contributed by atoms with van der Waals surface area (Å²) in [6, 6.07) is 5.48. The predicted octanol–water partition coefficient (Wildman–Crippen LogP) is 1.52. The van der Waals surface area contributed by atoms with Crippen molar-refractivity contribution in [1.82, 2.24) is 14.9 Å². The molecule has 3 rings (SSSR count). The first-order valence-corrected chi connectivity index (χ1v) is 5.92. The number of carbonyl (C=O) groups is 1. The maximum Gasteiger partial charge on any atom is 0.243 e. The van der Waals surface area contributed by atoms with Gasteiger partial charge in [0.25, 0.3) is 0 Å². The topological polar surface area (TPSA) is 49.3 Å². The Kier molecular flexibility index (Phi) is 2.56. The highest BCUT2D eigenvalue weighted by Crippen LogP contribution is 2.26. The molecule has 18 heavy (non-hydrogen) atoms. The molecule has 5 nitrogen and oxygen atoms in total. The first-order valence-electron chi connectivity index (χ1n) is 5.54. The second-order valence-electron chi connectivity index (χ2n) is 4.29. The van der Waals surface area contributed by atoms with Crippen molar-refractivity contribution in [3.63, 3.8) is 0 Å². The first kappa shape index (κ1) is 11.2. The lowest BCUT2D eigenvalue weighted by Gasteiger charge is -2.17. The largest absolute Gasteiger partial charge is 0.329 e. The van der Waals surface area contributed by atoms with E-state index >= 15 is 0 Å². The number of amides is 1. The van der Waals surface area contributed by atoms with Gasteiger partial charge >= 0.3 is 0 Å². The van der Waals surface area contributed by atoms with Crippen molar-refractivity contribution in [3.05, 3.63) is 29.5 Å². The SMILES string of the molecule is CN1CN(c2ncnc3cc(Cl)ccc23)CC1=O. The summed E-state index contributed by atoms with van der Waals surface area (Å²) in [7, 11) is 1.78. The van der Waals surface area contributed by atoms with Gasteiger partial charge in [0.05, 0.1) is 12.2 Å². The highest BCUT2D eigenvalue weighted by Gasteiger charge is 2.26. The van der Waals surface area contributed by atoms with E-state index in [1.165, 1.54) is 6.33 Å². The molecule has 6 heteroatoms. The molecule has 0 spiro atoms. The normalized spacial score (nSPS) is 15.8. The Labute approximate surface area is 109 Å². The van der Waals surface area contributed by atoms with Gasteiger partial charge in [0.1, 0.15) is 18.7 Å². The van der Waals surface area contributed by atoms with Crippen LogP contribution in [0.4, 0.5) is 5.82 Å². The molecule has 1 fully saturated rings. The quantitative estimate of drug-likeness (QED) is 0.782. The second-order valence-corrected chi connectivity index (χ2v) is 4.73. The lowest BCUT2D eigenvalue weighted by Crippen LogP contribution is -2.23. The maximum absolute atomic E-state index is 11.6. The monoisotopic (exact) mass is 262 g/mol. The molecular formula is C12H11ClN4O. The van der Waals surface area contributed by atoms with E-state index in [1.807, 2.05) is 11.0 Å². The molecule has 0 saturated carbocycles. The summed E-state index contributed by atoms with van der Waals surface area (Å²) in [6.07, 6.45) is 1.50. The van der Waals surface area contributed by atoms with E-state index in [0.29, 0.717) is 18.2 Å². The number of carbonyl (C=O) groups excluding carboxylic acids is 1. The van der Waals surface area contributed by atoms with Crippen LogP contribution in [0.2, 0.25) is 5.02 Å². The van der Waals surface area contributed by atoms with Crippen LogP contribution >= 0.6 is 11.6 Å². The van der Waals surface area contributed by atoms with E-state index in [0.717, 1.165) is 16.7 Å². The molecule has 1 aromatic heterocycles. The molecule has 1 aromatic carbocycles. The molecule has 0 radical (unpaired) electrons. The third-order valence-electron chi connectivity index (χ3n) is 3.01. The summed E-state index contributed by atoms with van der Waals surface area (Å²) in [5.41, 5.74) is 0.787. The van der Waals surface area contributed by atoms with Crippen molar-refractivity contribution in [2.45, 2.75) is 0 Å². The van der Waals surface area contributed by atoms with Gasteiger partial charge in [-0.2, -0.15) is 0 Å². The number of hydrogen-bond acceptors (Lipinski definition) is 4. The Morgan fingerprint density at radius 1 is 1.33 bits per heavy atom. The molecule has 1 aliphatic rings. The zero-order valence-electron chi connectivity index (χ0n) is 9.80. The zero-order chi connectivity index (χ0) is 12.7. The fraction of sp³-hybridized carbons (Fsp3) is 0.250. The molecule has 2 aromatic rings. The van der Waals surface area contributed by atoms with Crippen molar-refractivity contribution in [2.75, 3.05) is 25.2 Å². The minimum absolute atomic E-state index is 0.0933. The average molecular weight is 263 g/mol. The van der Waals surface area contributed by atoms with Gasteiger partial charge in [-0.3, -0.25) is 4.79 Å². The number of likely N-dealkylation sites (N-methyl/N-ethyl adjacent to an activating group) is 1. The number of aromatic nitrogens is 2. The highest BCUT2D eigenvalue weighted by molar-refractivity contribution is 6.31. The maximum atomic E-state index is 11.6. The number of fused-ring (bicyclic) bond motifs is 1. The van der Waals surface area contributed by atoms with Gasteiger partial charge in [-0.05, 0) is 18.2 Å². The molecule has 0 N–H and O–H groups in total. The van der Waals surface area contributed by atoms with Crippen LogP contribution < -0.4 is 4.90 Å². The van der Waals surface area contributed by atoms with Crippen molar-refractivity contribution in [3.8, 4) is 0 Å². The number of nitrogens with zero attached hydrogens (tertiary/aromatic N) is 4. The van der Waals surface area contributed by atoms with E-state index in [9.17, 15) is 4.79 Å². The number of halogens is 1. The fourth-order valence-electron chi connectivity index (χ4n) is 2.08. The Bertz CT molecular complexity index is 631. The Balaban J connectivity index is 2.10. The van der Waals surface area contributed by atoms with Crippen LogP contribution in [0.25, 0.3) is 10.9 Å². The van der Waals surface area contributed by atoms with Crippen molar-refractivity contribution < 1.29 is 4.79 Å². The molecule has 0 bridgehead atoms. The molecule has 1 saturated heterocycles. The van der Waals surface area contributed by atoms with Crippen molar-refractivity contribution >= 4 is 34.2 Å². The van der Waals surface area contributed by atoms with Crippen molar-refractivity contribution in [2.24, 2.45) is 0 Å². The molecule has 92 valence electrons. The minimum Gasteiger partial charge on any atom is -0.329 e. The number of hydrogen-bond donors (Lipinski definition) is 0. The summed E-state index contributed by atoms with van der Waals surface area (Å²) >= 11 is 5.94. The van der Waals surface area contributed by atoms with Gasteiger partial charge in [0.15, 0.2) is 0 Å². The number of benzene rings is 1. The smallest absolute Gasteiger partial charge is 0.243 e. The molecule has 1 aliphatic heterocycles.